The molecule has 0 saturated heterocycles. The van der Waals surface area contributed by atoms with Crippen molar-refractivity contribution in [2.75, 3.05) is 5.32 Å². The van der Waals surface area contributed by atoms with E-state index in [2.05, 4.69) is 10.3 Å². The Morgan fingerprint density at radius 3 is 2.47 bits per heavy atom. The molecule has 4 aromatic rings. The molecule has 0 amide bonds. The molecule has 0 radical (unpaired) electrons. The lowest BCUT2D eigenvalue weighted by atomic mass is 9.86. The predicted molar refractivity (Wildman–Crippen MR) is 125 cm³/mol. The number of hydrogen-bond acceptors (Lipinski definition) is 6. The van der Waals surface area contributed by atoms with Gasteiger partial charge in [0, 0.05) is 35.6 Å². The third-order valence-electron chi connectivity index (χ3n) is 5.11. The summed E-state index contributed by atoms with van der Waals surface area (Å²) in [5.74, 6) is -1.28. The molecule has 0 aliphatic rings. The molecule has 0 bridgehead atoms. The predicted octanol–water partition coefficient (Wildman–Crippen LogP) is 4.87. The van der Waals surface area contributed by atoms with Crippen molar-refractivity contribution >= 4 is 44.1 Å². The van der Waals surface area contributed by atoms with Gasteiger partial charge in [0.15, 0.2) is 10.9 Å². The molecule has 2 aromatic carbocycles. The van der Waals surface area contributed by atoms with Gasteiger partial charge in [-0.1, -0.05) is 23.5 Å². The van der Waals surface area contributed by atoms with Crippen molar-refractivity contribution in [1.29, 1.82) is 0 Å². The lowest BCUT2D eigenvalue weighted by Gasteiger charge is -2.17. The van der Waals surface area contributed by atoms with E-state index in [1.165, 1.54) is 35.8 Å². The molecule has 0 saturated carbocycles. The first kappa shape index (κ1) is 21.5. The fourth-order valence-electron chi connectivity index (χ4n) is 3.21. The summed E-state index contributed by atoms with van der Waals surface area (Å²) in [5.41, 5.74) is 1.17. The van der Waals surface area contributed by atoms with Gasteiger partial charge in [-0.2, -0.15) is 0 Å². The van der Waals surface area contributed by atoms with Crippen LogP contribution in [0.5, 0.6) is 0 Å². The molecule has 4 rings (SSSR count). The summed E-state index contributed by atoms with van der Waals surface area (Å²) >= 11 is 1.51. The van der Waals surface area contributed by atoms with Crippen molar-refractivity contribution in [3.63, 3.8) is 0 Å². The van der Waals surface area contributed by atoms with E-state index in [0.29, 0.717) is 22.1 Å². The van der Waals surface area contributed by atoms with Gasteiger partial charge < -0.3 is 10.4 Å². The molecule has 0 aliphatic heterocycles. The molecule has 0 atom stereocenters. The minimum Gasteiger partial charge on any atom is -0.481 e. The quantitative estimate of drug-likeness (QED) is 0.392. The van der Waals surface area contributed by atoms with Crippen LogP contribution in [0, 0.1) is 5.41 Å². The van der Waals surface area contributed by atoms with E-state index in [9.17, 15) is 19.5 Å². The Morgan fingerprint density at radius 2 is 1.81 bits per heavy atom. The Balaban J connectivity index is 1.51. The molecule has 0 spiro atoms. The van der Waals surface area contributed by atoms with Crippen molar-refractivity contribution in [3.05, 3.63) is 82.8 Å². The van der Waals surface area contributed by atoms with Crippen LogP contribution < -0.4 is 10.9 Å². The van der Waals surface area contributed by atoms with Crippen molar-refractivity contribution in [2.45, 2.75) is 20.3 Å². The number of carboxylic acids is 1. The molecule has 2 heterocycles. The summed E-state index contributed by atoms with van der Waals surface area (Å²) in [4.78, 5) is 40.8. The number of hydrogen-bond donors (Lipinski definition) is 2. The number of nitrogens with zero attached hydrogens (tertiary/aromatic N) is 2. The van der Waals surface area contributed by atoms with Gasteiger partial charge >= 0.3 is 5.97 Å². The highest BCUT2D eigenvalue weighted by molar-refractivity contribution is 7.22. The van der Waals surface area contributed by atoms with E-state index >= 15 is 0 Å². The normalized spacial score (nSPS) is 11.4. The SMILES string of the molecule is CC(C)(CC(=O)c1ccc(-n2ccc(Nc3nc4ccccc4s3)cc2=O)cc1)C(=O)O. The minimum atomic E-state index is -1.14. The second kappa shape index (κ2) is 8.39. The van der Waals surface area contributed by atoms with E-state index in [1.807, 2.05) is 24.3 Å². The van der Waals surface area contributed by atoms with Crippen molar-refractivity contribution in [2.24, 2.45) is 5.41 Å². The Kier molecular flexibility index (Phi) is 5.63. The summed E-state index contributed by atoms with van der Waals surface area (Å²) < 4.78 is 2.53. The third-order valence-corrected chi connectivity index (χ3v) is 6.07. The first-order valence-corrected chi connectivity index (χ1v) is 10.8. The van der Waals surface area contributed by atoms with E-state index < -0.39 is 11.4 Å². The minimum absolute atomic E-state index is 0.103. The van der Waals surface area contributed by atoms with Crippen molar-refractivity contribution in [3.8, 4) is 5.69 Å². The number of carbonyl (C=O) groups excluding carboxylic acids is 1. The van der Waals surface area contributed by atoms with Crippen molar-refractivity contribution in [1.82, 2.24) is 9.55 Å². The number of ketones is 1. The lowest BCUT2D eigenvalue weighted by Crippen LogP contribution is -2.27. The fraction of sp³-hybridized carbons (Fsp3) is 0.167. The summed E-state index contributed by atoms with van der Waals surface area (Å²) in [7, 11) is 0. The molecule has 2 N–H and O–H groups in total. The summed E-state index contributed by atoms with van der Waals surface area (Å²) in [5, 5.41) is 13.1. The highest BCUT2D eigenvalue weighted by Crippen LogP contribution is 2.28. The zero-order chi connectivity index (χ0) is 22.9. The molecule has 8 heteroatoms. The molecule has 0 unspecified atom stereocenters. The number of carbonyl (C=O) groups is 2. The van der Waals surface area contributed by atoms with Crippen LogP contribution in [0.1, 0.15) is 30.6 Å². The van der Waals surface area contributed by atoms with Crippen LogP contribution in [0.25, 0.3) is 15.9 Å². The lowest BCUT2D eigenvalue weighted by molar-refractivity contribution is -0.146. The maximum Gasteiger partial charge on any atom is 0.309 e. The van der Waals surface area contributed by atoms with Gasteiger partial charge in [0.1, 0.15) is 0 Å². The molecular weight excluding hydrogens is 426 g/mol. The Bertz CT molecular complexity index is 1340. The number of pyridine rings is 1. The molecule has 7 nitrogen and oxygen atoms in total. The largest absolute Gasteiger partial charge is 0.481 e. The second-order valence-corrected chi connectivity index (χ2v) is 9.10. The second-order valence-electron chi connectivity index (χ2n) is 8.07. The highest BCUT2D eigenvalue weighted by atomic mass is 32.1. The standard InChI is InChI=1S/C24H21N3O4S/c1-24(2,22(30)31)14-19(28)15-7-9-17(10-8-15)27-12-11-16(13-21(27)29)25-23-26-18-5-3-4-6-20(18)32-23/h3-13H,14H2,1-2H3,(H,25,26)(H,30,31). The van der Waals surface area contributed by atoms with Crippen molar-refractivity contribution < 1.29 is 14.7 Å². The first-order valence-electron chi connectivity index (χ1n) is 9.95. The molecule has 0 fully saturated rings. The summed E-state index contributed by atoms with van der Waals surface area (Å²) in [6.45, 7) is 3.04. The van der Waals surface area contributed by atoms with Gasteiger partial charge in [-0.25, -0.2) is 4.98 Å². The van der Waals surface area contributed by atoms with E-state index in [0.717, 1.165) is 10.2 Å². The van der Waals surface area contributed by atoms with Crippen LogP contribution in [-0.2, 0) is 4.79 Å². The highest BCUT2D eigenvalue weighted by Gasteiger charge is 2.30. The van der Waals surface area contributed by atoms with Crippen LogP contribution in [-0.4, -0.2) is 26.4 Å². The van der Waals surface area contributed by atoms with Crippen LogP contribution in [0.4, 0.5) is 10.8 Å². The van der Waals surface area contributed by atoms with Crippen LogP contribution >= 0.6 is 11.3 Å². The molecule has 162 valence electrons. The smallest absolute Gasteiger partial charge is 0.309 e. The number of anilines is 2. The summed E-state index contributed by atoms with van der Waals surface area (Å²) in [6.07, 6.45) is 1.55. The topological polar surface area (TPSA) is 101 Å². The van der Waals surface area contributed by atoms with Gasteiger partial charge in [-0.3, -0.25) is 19.0 Å². The monoisotopic (exact) mass is 447 g/mol. The molecule has 32 heavy (non-hydrogen) atoms. The van der Waals surface area contributed by atoms with Gasteiger partial charge in [0.2, 0.25) is 0 Å². The number of carboxylic acid groups (broad SMARTS) is 1. The molecular formula is C24H21N3O4S. The molecule has 2 aromatic heterocycles. The number of aliphatic carboxylic acids is 1. The van der Waals surface area contributed by atoms with Gasteiger partial charge in [-0.15, -0.1) is 0 Å². The Labute approximate surface area is 188 Å². The van der Waals surface area contributed by atoms with Gasteiger partial charge in [-0.05, 0) is 56.3 Å². The first-order chi connectivity index (χ1) is 15.2. The molecule has 0 aliphatic carbocycles. The van der Waals surface area contributed by atoms with Gasteiger partial charge in [0.25, 0.3) is 5.56 Å². The number of Topliss-reactive ketones (excluding diaryl/α,β-unsaturated/α-hetero) is 1. The maximum absolute atomic E-state index is 12.7. The zero-order valence-electron chi connectivity index (χ0n) is 17.5. The van der Waals surface area contributed by atoms with Crippen LogP contribution in [0.2, 0.25) is 0 Å². The maximum atomic E-state index is 12.7. The van der Waals surface area contributed by atoms with E-state index in [-0.39, 0.29) is 17.8 Å². The number of fused-ring (bicyclic) bond motifs is 1. The Morgan fingerprint density at radius 1 is 1.09 bits per heavy atom. The number of para-hydroxylation sites is 1. The Hall–Kier alpha value is -3.78. The van der Waals surface area contributed by atoms with E-state index in [4.69, 9.17) is 0 Å². The summed E-state index contributed by atoms with van der Waals surface area (Å²) in [6, 6.07) is 17.6. The van der Waals surface area contributed by atoms with Crippen LogP contribution in [0.3, 0.4) is 0 Å². The van der Waals surface area contributed by atoms with E-state index in [1.54, 1.807) is 36.5 Å². The van der Waals surface area contributed by atoms with Gasteiger partial charge in [0.05, 0.1) is 15.6 Å². The number of rotatable bonds is 7. The average Bonchev–Trinajstić information content (AvgIpc) is 3.16. The zero-order valence-corrected chi connectivity index (χ0v) is 18.3. The fourth-order valence-corrected chi connectivity index (χ4v) is 4.09. The number of aromatic nitrogens is 2. The third kappa shape index (κ3) is 4.45. The van der Waals surface area contributed by atoms with Crippen LogP contribution in [0.15, 0.2) is 71.7 Å². The number of benzene rings is 2. The average molecular weight is 448 g/mol. The number of thiazole rings is 1. The number of nitrogens with one attached hydrogen (secondary N) is 1.